The zero-order chi connectivity index (χ0) is 16.7. The Balaban J connectivity index is 1.49. The van der Waals surface area contributed by atoms with Crippen molar-refractivity contribution < 1.29 is 9.21 Å². The van der Waals surface area contributed by atoms with Crippen molar-refractivity contribution in [1.29, 1.82) is 0 Å². The maximum Gasteiger partial charge on any atom is 0.259 e. The molecule has 0 radical (unpaired) electrons. The first-order chi connectivity index (χ1) is 11.6. The number of anilines is 1. The Labute approximate surface area is 144 Å². The van der Waals surface area contributed by atoms with Crippen molar-refractivity contribution in [3.63, 3.8) is 0 Å². The SMILES string of the molecule is Cc1cc(C(=O)Nc2ccc(C3=CSC4=NCCN34)cc2)c(C)o1. The van der Waals surface area contributed by atoms with Gasteiger partial charge in [0.1, 0.15) is 11.5 Å². The van der Waals surface area contributed by atoms with E-state index in [1.54, 1.807) is 24.8 Å². The van der Waals surface area contributed by atoms with Gasteiger partial charge in [0.25, 0.3) is 5.91 Å². The smallest absolute Gasteiger partial charge is 0.259 e. The maximum atomic E-state index is 12.3. The van der Waals surface area contributed by atoms with Crippen molar-refractivity contribution in [1.82, 2.24) is 4.90 Å². The molecule has 4 rings (SSSR count). The van der Waals surface area contributed by atoms with E-state index in [0.717, 1.165) is 35.3 Å². The topological polar surface area (TPSA) is 57.8 Å². The second kappa shape index (κ2) is 5.87. The van der Waals surface area contributed by atoms with Gasteiger partial charge < -0.3 is 14.6 Å². The average Bonchev–Trinajstić information content (AvgIpc) is 3.23. The van der Waals surface area contributed by atoms with E-state index in [1.807, 2.05) is 31.2 Å². The highest BCUT2D eigenvalue weighted by atomic mass is 32.2. The van der Waals surface area contributed by atoms with Crippen molar-refractivity contribution in [2.24, 2.45) is 4.99 Å². The van der Waals surface area contributed by atoms with Crippen LogP contribution in [0.4, 0.5) is 5.69 Å². The first kappa shape index (κ1) is 15.1. The van der Waals surface area contributed by atoms with Gasteiger partial charge in [-0.1, -0.05) is 23.9 Å². The molecule has 6 heteroatoms. The minimum Gasteiger partial charge on any atom is -0.466 e. The highest BCUT2D eigenvalue weighted by Crippen LogP contribution is 2.35. The molecular formula is C18H17N3O2S. The minimum atomic E-state index is -0.151. The molecule has 0 saturated heterocycles. The Bertz CT molecular complexity index is 865. The molecule has 3 heterocycles. The fourth-order valence-electron chi connectivity index (χ4n) is 2.93. The van der Waals surface area contributed by atoms with E-state index in [1.165, 1.54) is 5.70 Å². The fraction of sp³-hybridized carbons (Fsp3) is 0.222. The highest BCUT2D eigenvalue weighted by Gasteiger charge is 2.26. The lowest BCUT2D eigenvalue weighted by atomic mass is 10.1. The number of thioether (sulfide) groups is 1. The van der Waals surface area contributed by atoms with Crippen molar-refractivity contribution in [3.05, 3.63) is 58.4 Å². The molecule has 0 saturated carbocycles. The van der Waals surface area contributed by atoms with Crippen LogP contribution < -0.4 is 5.32 Å². The van der Waals surface area contributed by atoms with Crippen LogP contribution in [-0.2, 0) is 0 Å². The molecule has 24 heavy (non-hydrogen) atoms. The summed E-state index contributed by atoms with van der Waals surface area (Å²) in [6.07, 6.45) is 0. The van der Waals surface area contributed by atoms with Gasteiger partial charge in [-0.2, -0.15) is 0 Å². The van der Waals surface area contributed by atoms with Gasteiger partial charge in [0.15, 0.2) is 5.17 Å². The molecule has 0 spiro atoms. The van der Waals surface area contributed by atoms with Gasteiger partial charge in [-0.3, -0.25) is 9.79 Å². The lowest BCUT2D eigenvalue weighted by molar-refractivity contribution is 0.102. The number of carbonyl (C=O) groups excluding carboxylic acids is 1. The summed E-state index contributed by atoms with van der Waals surface area (Å²) in [6, 6.07) is 9.65. The predicted molar refractivity (Wildman–Crippen MR) is 97.2 cm³/mol. The Morgan fingerprint density at radius 3 is 2.79 bits per heavy atom. The van der Waals surface area contributed by atoms with Gasteiger partial charge in [0, 0.05) is 17.6 Å². The van der Waals surface area contributed by atoms with Crippen molar-refractivity contribution in [2.45, 2.75) is 13.8 Å². The standard InChI is InChI=1S/C18H17N3O2S/c1-11-9-15(12(2)23-11)17(22)20-14-5-3-13(4-6-14)16-10-24-18-19-7-8-21(16)18/h3-6,9-10H,7-8H2,1-2H3,(H,20,22). The number of hydrogen-bond donors (Lipinski definition) is 1. The molecule has 0 aliphatic carbocycles. The fourth-order valence-corrected chi connectivity index (χ4v) is 3.89. The number of aliphatic imine (C=N–C) groups is 1. The molecule has 0 atom stereocenters. The number of benzene rings is 1. The normalized spacial score (nSPS) is 16.0. The quantitative estimate of drug-likeness (QED) is 0.922. The summed E-state index contributed by atoms with van der Waals surface area (Å²) in [5.74, 6) is 1.22. The second-order valence-electron chi connectivity index (χ2n) is 5.80. The Kier molecular flexibility index (Phi) is 3.69. The van der Waals surface area contributed by atoms with Gasteiger partial charge in [-0.05, 0) is 37.6 Å². The molecule has 1 amide bonds. The summed E-state index contributed by atoms with van der Waals surface area (Å²) < 4.78 is 5.41. The van der Waals surface area contributed by atoms with E-state index < -0.39 is 0 Å². The number of carbonyl (C=O) groups is 1. The first-order valence-electron chi connectivity index (χ1n) is 7.79. The number of nitrogens with one attached hydrogen (secondary N) is 1. The molecule has 0 unspecified atom stereocenters. The molecule has 2 aliphatic heterocycles. The number of aryl methyl sites for hydroxylation is 2. The molecule has 1 N–H and O–H groups in total. The third-order valence-corrected chi connectivity index (χ3v) is 4.99. The second-order valence-corrected chi connectivity index (χ2v) is 6.63. The predicted octanol–water partition coefficient (Wildman–Crippen LogP) is 3.87. The van der Waals surface area contributed by atoms with Gasteiger partial charge >= 0.3 is 0 Å². The van der Waals surface area contributed by atoms with Gasteiger partial charge in [-0.25, -0.2) is 0 Å². The highest BCUT2D eigenvalue weighted by molar-refractivity contribution is 8.16. The summed E-state index contributed by atoms with van der Waals surface area (Å²) in [5, 5.41) is 6.12. The van der Waals surface area contributed by atoms with E-state index in [2.05, 4.69) is 20.6 Å². The van der Waals surface area contributed by atoms with Crippen LogP contribution in [0.15, 0.2) is 45.1 Å². The monoisotopic (exact) mass is 339 g/mol. The van der Waals surface area contributed by atoms with E-state index in [4.69, 9.17) is 4.42 Å². The molecule has 5 nitrogen and oxygen atoms in total. The van der Waals surface area contributed by atoms with E-state index >= 15 is 0 Å². The molecule has 0 bridgehead atoms. The van der Waals surface area contributed by atoms with Crippen LogP contribution in [-0.4, -0.2) is 29.1 Å². The first-order valence-corrected chi connectivity index (χ1v) is 8.67. The van der Waals surface area contributed by atoms with E-state index in [-0.39, 0.29) is 5.91 Å². The van der Waals surface area contributed by atoms with Crippen molar-refractivity contribution in [3.8, 4) is 0 Å². The van der Waals surface area contributed by atoms with Crippen LogP contribution in [0.1, 0.15) is 27.4 Å². The number of amides is 1. The number of hydrogen-bond acceptors (Lipinski definition) is 5. The number of nitrogens with zero attached hydrogens (tertiary/aromatic N) is 2. The molecule has 1 aromatic heterocycles. The maximum absolute atomic E-state index is 12.3. The Morgan fingerprint density at radius 2 is 2.08 bits per heavy atom. The van der Waals surface area contributed by atoms with Gasteiger partial charge in [0.2, 0.25) is 0 Å². The zero-order valence-electron chi connectivity index (χ0n) is 13.5. The Hall–Kier alpha value is -2.47. The molecule has 122 valence electrons. The van der Waals surface area contributed by atoms with E-state index in [9.17, 15) is 4.79 Å². The summed E-state index contributed by atoms with van der Waals surface area (Å²) in [7, 11) is 0. The number of amidine groups is 1. The average molecular weight is 339 g/mol. The largest absolute Gasteiger partial charge is 0.466 e. The van der Waals surface area contributed by atoms with Crippen LogP contribution in [0.2, 0.25) is 0 Å². The summed E-state index contributed by atoms with van der Waals surface area (Å²) in [5.41, 5.74) is 3.64. The van der Waals surface area contributed by atoms with Gasteiger partial charge in [0.05, 0.1) is 17.8 Å². The summed E-state index contributed by atoms with van der Waals surface area (Å²) in [6.45, 7) is 5.43. The minimum absolute atomic E-state index is 0.151. The van der Waals surface area contributed by atoms with Crippen LogP contribution in [0.5, 0.6) is 0 Å². The van der Waals surface area contributed by atoms with Crippen LogP contribution in [0, 0.1) is 13.8 Å². The van der Waals surface area contributed by atoms with Crippen molar-refractivity contribution >= 4 is 34.2 Å². The summed E-state index contributed by atoms with van der Waals surface area (Å²) in [4.78, 5) is 19.0. The van der Waals surface area contributed by atoms with Crippen LogP contribution in [0.25, 0.3) is 5.70 Å². The zero-order valence-corrected chi connectivity index (χ0v) is 14.3. The Morgan fingerprint density at radius 1 is 1.29 bits per heavy atom. The third kappa shape index (κ3) is 2.63. The summed E-state index contributed by atoms with van der Waals surface area (Å²) >= 11 is 1.67. The van der Waals surface area contributed by atoms with Gasteiger partial charge in [-0.15, -0.1) is 0 Å². The molecule has 2 aromatic rings. The number of furan rings is 1. The van der Waals surface area contributed by atoms with Crippen molar-refractivity contribution in [2.75, 3.05) is 18.4 Å². The third-order valence-electron chi connectivity index (χ3n) is 4.09. The van der Waals surface area contributed by atoms with Crippen LogP contribution >= 0.6 is 11.8 Å². The lowest BCUT2D eigenvalue weighted by Gasteiger charge is -2.16. The molecule has 1 aromatic carbocycles. The molecular weight excluding hydrogens is 322 g/mol. The number of rotatable bonds is 3. The molecule has 0 fully saturated rings. The lowest BCUT2D eigenvalue weighted by Crippen LogP contribution is -2.19. The van der Waals surface area contributed by atoms with E-state index in [0.29, 0.717) is 11.3 Å². The number of fused-ring (bicyclic) bond motifs is 1. The molecule has 2 aliphatic rings. The van der Waals surface area contributed by atoms with Crippen LogP contribution in [0.3, 0.4) is 0 Å².